The molecule has 2 rings (SSSR count). The van der Waals surface area contributed by atoms with Gasteiger partial charge in [-0.2, -0.15) is 0 Å². The smallest absolute Gasteiger partial charge is 0.0804 e. The summed E-state index contributed by atoms with van der Waals surface area (Å²) in [5, 5.41) is 0.956. The minimum atomic E-state index is 0.0474. The molecule has 0 amide bonds. The number of hydrogen-bond donors (Lipinski definition) is 0. The van der Waals surface area contributed by atoms with Gasteiger partial charge in [0.1, 0.15) is 0 Å². The summed E-state index contributed by atoms with van der Waals surface area (Å²) in [5.74, 6) is 0. The molecule has 1 saturated carbocycles. The van der Waals surface area contributed by atoms with Gasteiger partial charge in [0.05, 0.1) is 11.7 Å². The number of alkyl halides is 1. The van der Waals surface area contributed by atoms with E-state index in [1.165, 1.54) is 44.1 Å². The van der Waals surface area contributed by atoms with Crippen LogP contribution in [-0.2, 0) is 4.74 Å². The van der Waals surface area contributed by atoms with Gasteiger partial charge in [0, 0.05) is 5.33 Å². The number of halogens is 1. The highest BCUT2D eigenvalue weighted by Crippen LogP contribution is 2.36. The van der Waals surface area contributed by atoms with Crippen molar-refractivity contribution in [3.63, 3.8) is 0 Å². The van der Waals surface area contributed by atoms with Crippen LogP contribution in [0.15, 0.2) is 30.3 Å². The quantitative estimate of drug-likeness (QED) is 0.545. The molecule has 2 heteroatoms. The Bertz CT molecular complexity index is 341. The Morgan fingerprint density at radius 3 is 2.28 bits per heavy atom. The van der Waals surface area contributed by atoms with E-state index >= 15 is 0 Å². The average molecular weight is 311 g/mol. The number of benzene rings is 1. The third kappa shape index (κ3) is 3.58. The van der Waals surface area contributed by atoms with Crippen LogP contribution in [0.25, 0.3) is 0 Å². The van der Waals surface area contributed by atoms with Crippen LogP contribution in [0.3, 0.4) is 0 Å². The lowest BCUT2D eigenvalue weighted by Crippen LogP contribution is -2.35. The van der Waals surface area contributed by atoms with Crippen LogP contribution >= 0.6 is 15.9 Å². The third-order valence-corrected chi connectivity index (χ3v) is 4.98. The maximum Gasteiger partial charge on any atom is 0.0804 e. The van der Waals surface area contributed by atoms with Crippen LogP contribution < -0.4 is 0 Å². The van der Waals surface area contributed by atoms with Crippen LogP contribution in [0, 0.1) is 0 Å². The van der Waals surface area contributed by atoms with Gasteiger partial charge in [-0.3, -0.25) is 0 Å². The molecule has 0 spiro atoms. The molecule has 0 radical (unpaired) electrons. The van der Waals surface area contributed by atoms with Gasteiger partial charge >= 0.3 is 0 Å². The lowest BCUT2D eigenvalue weighted by Gasteiger charge is -2.34. The topological polar surface area (TPSA) is 9.23 Å². The molecule has 1 fully saturated rings. The molecule has 0 aliphatic heterocycles. The Hall–Kier alpha value is -0.340. The van der Waals surface area contributed by atoms with E-state index in [1.807, 2.05) is 0 Å². The molecule has 100 valence electrons. The van der Waals surface area contributed by atoms with Crippen molar-refractivity contribution >= 4 is 15.9 Å². The molecule has 1 unspecified atom stereocenters. The van der Waals surface area contributed by atoms with E-state index in [2.05, 4.69) is 53.2 Å². The van der Waals surface area contributed by atoms with Crippen molar-refractivity contribution in [2.24, 2.45) is 0 Å². The van der Waals surface area contributed by atoms with Crippen LogP contribution in [0.1, 0.15) is 57.1 Å². The number of rotatable bonds is 4. The van der Waals surface area contributed by atoms with Gasteiger partial charge in [0.15, 0.2) is 0 Å². The van der Waals surface area contributed by atoms with Crippen LogP contribution in [-0.4, -0.2) is 10.9 Å². The Morgan fingerprint density at radius 2 is 1.72 bits per heavy atom. The minimum Gasteiger partial charge on any atom is -0.367 e. The predicted octanol–water partition coefficient (Wildman–Crippen LogP) is 5.25. The van der Waals surface area contributed by atoms with Crippen molar-refractivity contribution in [2.75, 3.05) is 5.33 Å². The van der Waals surface area contributed by atoms with E-state index in [9.17, 15) is 0 Å². The average Bonchev–Trinajstić information content (AvgIpc) is 2.66. The molecule has 1 aromatic carbocycles. The summed E-state index contributed by atoms with van der Waals surface area (Å²) in [7, 11) is 0. The fourth-order valence-corrected chi connectivity index (χ4v) is 3.52. The fourth-order valence-electron chi connectivity index (χ4n) is 2.82. The van der Waals surface area contributed by atoms with Crippen molar-refractivity contribution in [3.05, 3.63) is 35.9 Å². The largest absolute Gasteiger partial charge is 0.367 e. The molecule has 1 aliphatic rings. The van der Waals surface area contributed by atoms with Gasteiger partial charge in [-0.25, -0.2) is 0 Å². The summed E-state index contributed by atoms with van der Waals surface area (Å²) in [5.41, 5.74) is 1.33. The van der Waals surface area contributed by atoms with Crippen LogP contribution in [0.4, 0.5) is 0 Å². The molecule has 0 N–H and O–H groups in total. The summed E-state index contributed by atoms with van der Waals surface area (Å²) in [6, 6.07) is 10.5. The third-order valence-electron chi connectivity index (χ3n) is 3.95. The Morgan fingerprint density at radius 1 is 1.11 bits per heavy atom. The zero-order chi connectivity index (χ0) is 12.8. The molecule has 0 aromatic heterocycles. The summed E-state index contributed by atoms with van der Waals surface area (Å²) in [6.07, 6.45) is 7.88. The summed E-state index contributed by atoms with van der Waals surface area (Å²) in [6.45, 7) is 2.17. The van der Waals surface area contributed by atoms with E-state index in [1.54, 1.807) is 0 Å². The summed E-state index contributed by atoms with van der Waals surface area (Å²) < 4.78 is 6.45. The first kappa shape index (κ1) is 14.1. The van der Waals surface area contributed by atoms with Crippen molar-refractivity contribution in [1.29, 1.82) is 0 Å². The number of hydrogen-bond acceptors (Lipinski definition) is 1. The highest BCUT2D eigenvalue weighted by Gasteiger charge is 2.32. The monoisotopic (exact) mass is 310 g/mol. The van der Waals surface area contributed by atoms with E-state index in [0.717, 1.165) is 5.33 Å². The molecule has 0 heterocycles. The normalized spacial score (nSPS) is 21.2. The van der Waals surface area contributed by atoms with Gasteiger partial charge < -0.3 is 4.74 Å². The second kappa shape index (κ2) is 6.72. The summed E-state index contributed by atoms with van der Waals surface area (Å²) in [4.78, 5) is 0. The van der Waals surface area contributed by atoms with Gasteiger partial charge in [0.2, 0.25) is 0 Å². The van der Waals surface area contributed by atoms with Crippen molar-refractivity contribution in [1.82, 2.24) is 0 Å². The van der Waals surface area contributed by atoms with E-state index < -0.39 is 0 Å². The first-order valence-corrected chi connectivity index (χ1v) is 8.17. The highest BCUT2D eigenvalue weighted by atomic mass is 79.9. The molecule has 0 bridgehead atoms. The van der Waals surface area contributed by atoms with Crippen LogP contribution in [0.2, 0.25) is 0 Å². The lowest BCUT2D eigenvalue weighted by atomic mass is 9.96. The maximum atomic E-state index is 6.45. The van der Waals surface area contributed by atoms with E-state index in [-0.39, 0.29) is 11.7 Å². The van der Waals surface area contributed by atoms with Crippen molar-refractivity contribution < 1.29 is 4.74 Å². The maximum absolute atomic E-state index is 6.45. The number of ether oxygens (including phenoxy) is 1. The fraction of sp³-hybridized carbons (Fsp3) is 0.625. The van der Waals surface area contributed by atoms with Gasteiger partial charge in [-0.1, -0.05) is 71.9 Å². The van der Waals surface area contributed by atoms with Gasteiger partial charge in [0.25, 0.3) is 0 Å². The van der Waals surface area contributed by atoms with E-state index in [0.29, 0.717) is 0 Å². The first-order chi connectivity index (χ1) is 8.76. The van der Waals surface area contributed by atoms with Gasteiger partial charge in [-0.15, -0.1) is 0 Å². The standard InChI is InChI=1S/C16H23BrO/c1-14(15-9-5-4-6-10-15)18-16(13-17)11-7-2-3-8-12-16/h4-6,9-10,14H,2-3,7-8,11-13H2,1H3. The van der Waals surface area contributed by atoms with Crippen molar-refractivity contribution in [2.45, 2.75) is 57.2 Å². The molecular weight excluding hydrogens is 288 g/mol. The zero-order valence-corrected chi connectivity index (χ0v) is 12.8. The highest BCUT2D eigenvalue weighted by molar-refractivity contribution is 9.09. The molecule has 0 saturated heterocycles. The van der Waals surface area contributed by atoms with Gasteiger partial charge in [-0.05, 0) is 25.3 Å². The zero-order valence-electron chi connectivity index (χ0n) is 11.2. The molecule has 1 aliphatic carbocycles. The molecular formula is C16H23BrO. The lowest BCUT2D eigenvalue weighted by molar-refractivity contribution is -0.0818. The molecule has 18 heavy (non-hydrogen) atoms. The predicted molar refractivity (Wildman–Crippen MR) is 80.2 cm³/mol. The molecule has 1 atom stereocenters. The molecule has 1 aromatic rings. The Balaban J connectivity index is 2.05. The van der Waals surface area contributed by atoms with Crippen LogP contribution in [0.5, 0.6) is 0 Å². The Labute approximate surface area is 119 Å². The minimum absolute atomic E-state index is 0.0474. The summed E-state index contributed by atoms with van der Waals surface area (Å²) >= 11 is 3.68. The first-order valence-electron chi connectivity index (χ1n) is 7.04. The SMILES string of the molecule is CC(OC1(CBr)CCCCCC1)c1ccccc1. The van der Waals surface area contributed by atoms with E-state index in [4.69, 9.17) is 4.74 Å². The molecule has 1 nitrogen and oxygen atoms in total. The second-order valence-corrected chi connectivity index (χ2v) is 5.96. The second-order valence-electron chi connectivity index (χ2n) is 5.40. The van der Waals surface area contributed by atoms with Crippen molar-refractivity contribution in [3.8, 4) is 0 Å². The Kier molecular flexibility index (Phi) is 5.25.